The molecule has 0 unspecified atom stereocenters. The quantitative estimate of drug-likeness (QED) is 0.879. The molecule has 1 amide bonds. The average molecular weight is 380 g/mol. The number of nitrogens with one attached hydrogen (secondary N) is 1. The van der Waals surface area contributed by atoms with Gasteiger partial charge in [-0.05, 0) is 57.5 Å². The highest BCUT2D eigenvalue weighted by Gasteiger charge is 2.16. The molecule has 2 heterocycles. The van der Waals surface area contributed by atoms with E-state index in [0.29, 0.717) is 25.4 Å². The molecule has 3 rings (SSSR count). The van der Waals surface area contributed by atoms with Crippen LogP contribution in [-0.2, 0) is 0 Å². The van der Waals surface area contributed by atoms with Gasteiger partial charge in [-0.1, -0.05) is 30.3 Å². The Hall–Kier alpha value is -2.66. The van der Waals surface area contributed by atoms with E-state index in [9.17, 15) is 4.79 Å². The molecule has 0 saturated heterocycles. The Morgan fingerprint density at radius 2 is 1.96 bits per heavy atom. The van der Waals surface area contributed by atoms with Crippen LogP contribution in [0.1, 0.15) is 48.3 Å². The van der Waals surface area contributed by atoms with E-state index in [1.807, 2.05) is 44.2 Å². The van der Waals surface area contributed by atoms with Crippen molar-refractivity contribution < 1.29 is 9.53 Å². The normalized spacial score (nSPS) is 16.7. The fourth-order valence-corrected chi connectivity index (χ4v) is 3.37. The molecule has 0 bridgehead atoms. The number of hydrogen-bond donors (Lipinski definition) is 1. The molecule has 28 heavy (non-hydrogen) atoms. The van der Waals surface area contributed by atoms with Crippen molar-refractivity contribution in [2.75, 3.05) is 32.8 Å². The first-order valence-corrected chi connectivity index (χ1v) is 10.1. The summed E-state index contributed by atoms with van der Waals surface area (Å²) in [6.45, 7) is 7.89. The molecule has 5 nitrogen and oxygen atoms in total. The average Bonchev–Trinajstić information content (AvgIpc) is 2.78. The Labute approximate surface area is 167 Å². The number of ether oxygens (including phenoxy) is 1. The molecule has 0 aliphatic carbocycles. The van der Waals surface area contributed by atoms with Crippen molar-refractivity contribution in [2.45, 2.75) is 26.7 Å². The number of carbonyl (C=O) groups is 1. The summed E-state index contributed by atoms with van der Waals surface area (Å²) in [5.41, 5.74) is 3.63. The summed E-state index contributed by atoms with van der Waals surface area (Å²) in [4.78, 5) is 18.8. The molecule has 2 aromatic rings. The van der Waals surface area contributed by atoms with Crippen LogP contribution in [0.2, 0.25) is 0 Å². The molecule has 0 radical (unpaired) electrons. The molecule has 0 saturated carbocycles. The Bertz CT molecular complexity index is 811. The molecular formula is C23H29N3O2. The molecule has 0 atom stereocenters. The largest absolute Gasteiger partial charge is 0.493 e. The number of fused-ring (bicyclic) bond motifs is 1. The number of rotatable bonds is 4. The topological polar surface area (TPSA) is 54.5 Å². The maximum Gasteiger partial charge on any atom is 0.272 e. The van der Waals surface area contributed by atoms with Crippen molar-refractivity contribution in [3.8, 4) is 5.75 Å². The fraction of sp³-hybridized carbons (Fsp3) is 0.391. The van der Waals surface area contributed by atoms with E-state index in [2.05, 4.69) is 22.4 Å². The standard InChI is InChI=1S/C23H29N3O2/c1-3-26(4-2)23(27)21-13-12-18(17-25-21)19-10-7-14-24-15-8-16-28-22-11-6-5-9-20(19)22/h5-6,9-13,17,24H,3-4,7-8,14-16H2,1-2H3/b19-10-. The van der Waals surface area contributed by atoms with Crippen LogP contribution in [0.4, 0.5) is 0 Å². The Morgan fingerprint density at radius 3 is 2.71 bits per heavy atom. The predicted molar refractivity (Wildman–Crippen MR) is 113 cm³/mol. The molecule has 1 aliphatic rings. The maximum atomic E-state index is 12.5. The molecule has 1 N–H and O–H groups in total. The number of para-hydroxylation sites is 1. The van der Waals surface area contributed by atoms with E-state index < -0.39 is 0 Å². The molecule has 1 aliphatic heterocycles. The van der Waals surface area contributed by atoms with E-state index in [-0.39, 0.29) is 5.91 Å². The van der Waals surface area contributed by atoms with Crippen LogP contribution in [0, 0.1) is 0 Å². The fourth-order valence-electron chi connectivity index (χ4n) is 3.37. The minimum Gasteiger partial charge on any atom is -0.493 e. The second kappa shape index (κ2) is 10.0. The third-order valence-corrected chi connectivity index (χ3v) is 4.95. The summed E-state index contributed by atoms with van der Waals surface area (Å²) < 4.78 is 6.03. The van der Waals surface area contributed by atoms with Crippen LogP contribution in [0.15, 0.2) is 48.7 Å². The highest BCUT2D eigenvalue weighted by atomic mass is 16.5. The van der Waals surface area contributed by atoms with Gasteiger partial charge in [-0.25, -0.2) is 0 Å². The molecule has 1 aromatic heterocycles. The second-order valence-electron chi connectivity index (χ2n) is 6.76. The van der Waals surface area contributed by atoms with Gasteiger partial charge in [-0.3, -0.25) is 9.78 Å². The van der Waals surface area contributed by atoms with Gasteiger partial charge in [0.05, 0.1) is 6.61 Å². The van der Waals surface area contributed by atoms with Gasteiger partial charge >= 0.3 is 0 Å². The van der Waals surface area contributed by atoms with Crippen LogP contribution < -0.4 is 10.1 Å². The Kier molecular flexibility index (Phi) is 7.20. The number of aromatic nitrogens is 1. The third-order valence-electron chi connectivity index (χ3n) is 4.95. The van der Waals surface area contributed by atoms with Gasteiger partial charge in [0.1, 0.15) is 11.4 Å². The van der Waals surface area contributed by atoms with E-state index in [1.165, 1.54) is 0 Å². The number of pyridine rings is 1. The number of amides is 1. The van der Waals surface area contributed by atoms with Crippen LogP contribution >= 0.6 is 0 Å². The van der Waals surface area contributed by atoms with Gasteiger partial charge in [-0.15, -0.1) is 0 Å². The minimum atomic E-state index is -0.0269. The van der Waals surface area contributed by atoms with Crippen molar-refractivity contribution in [2.24, 2.45) is 0 Å². The number of nitrogens with zero attached hydrogens (tertiary/aromatic N) is 2. The van der Waals surface area contributed by atoms with Gasteiger partial charge < -0.3 is 15.0 Å². The molecule has 0 fully saturated rings. The molecule has 0 spiro atoms. The van der Waals surface area contributed by atoms with Crippen LogP contribution in [-0.4, -0.2) is 48.6 Å². The first kappa shape index (κ1) is 20.1. The zero-order valence-electron chi connectivity index (χ0n) is 16.8. The van der Waals surface area contributed by atoms with Crippen molar-refractivity contribution in [1.29, 1.82) is 0 Å². The molecule has 5 heteroatoms. The van der Waals surface area contributed by atoms with E-state index in [0.717, 1.165) is 48.4 Å². The first-order chi connectivity index (χ1) is 13.7. The van der Waals surface area contributed by atoms with Crippen molar-refractivity contribution >= 4 is 11.5 Å². The SMILES string of the molecule is CCN(CC)C(=O)c1ccc(/C2=C/CCNCCCOc3ccccc32)cn1. The van der Waals surface area contributed by atoms with Gasteiger partial charge in [0, 0.05) is 30.4 Å². The van der Waals surface area contributed by atoms with Gasteiger partial charge in [0.2, 0.25) is 0 Å². The summed E-state index contributed by atoms with van der Waals surface area (Å²) in [6.07, 6.45) is 5.92. The summed E-state index contributed by atoms with van der Waals surface area (Å²) >= 11 is 0. The Morgan fingerprint density at radius 1 is 1.14 bits per heavy atom. The number of benzene rings is 1. The zero-order chi connectivity index (χ0) is 19.8. The van der Waals surface area contributed by atoms with Crippen LogP contribution in [0.5, 0.6) is 5.75 Å². The van der Waals surface area contributed by atoms with Crippen molar-refractivity contribution in [1.82, 2.24) is 15.2 Å². The van der Waals surface area contributed by atoms with Crippen molar-refractivity contribution in [3.63, 3.8) is 0 Å². The molecular weight excluding hydrogens is 350 g/mol. The van der Waals surface area contributed by atoms with E-state index >= 15 is 0 Å². The van der Waals surface area contributed by atoms with Crippen LogP contribution in [0.3, 0.4) is 0 Å². The second-order valence-corrected chi connectivity index (χ2v) is 6.76. The lowest BCUT2D eigenvalue weighted by Crippen LogP contribution is -2.31. The van der Waals surface area contributed by atoms with Crippen molar-refractivity contribution in [3.05, 3.63) is 65.5 Å². The van der Waals surface area contributed by atoms with E-state index in [4.69, 9.17) is 4.74 Å². The lowest BCUT2D eigenvalue weighted by molar-refractivity contribution is 0.0767. The van der Waals surface area contributed by atoms with Gasteiger partial charge in [0.15, 0.2) is 0 Å². The highest BCUT2D eigenvalue weighted by molar-refractivity contribution is 5.93. The predicted octanol–water partition coefficient (Wildman–Crippen LogP) is 3.76. The maximum absolute atomic E-state index is 12.5. The molecule has 1 aromatic carbocycles. The zero-order valence-corrected chi connectivity index (χ0v) is 16.8. The smallest absolute Gasteiger partial charge is 0.272 e. The van der Waals surface area contributed by atoms with E-state index in [1.54, 1.807) is 11.1 Å². The first-order valence-electron chi connectivity index (χ1n) is 10.1. The lowest BCUT2D eigenvalue weighted by atomic mass is 9.97. The molecule has 148 valence electrons. The number of hydrogen-bond acceptors (Lipinski definition) is 4. The summed E-state index contributed by atoms with van der Waals surface area (Å²) in [6, 6.07) is 11.9. The van der Waals surface area contributed by atoms with Gasteiger partial charge in [0.25, 0.3) is 5.91 Å². The highest BCUT2D eigenvalue weighted by Crippen LogP contribution is 2.31. The monoisotopic (exact) mass is 379 g/mol. The summed E-state index contributed by atoms with van der Waals surface area (Å²) in [7, 11) is 0. The number of carbonyl (C=O) groups excluding carboxylic acids is 1. The Balaban J connectivity index is 1.94. The third kappa shape index (κ3) is 4.78. The summed E-state index contributed by atoms with van der Waals surface area (Å²) in [5, 5.41) is 3.44. The summed E-state index contributed by atoms with van der Waals surface area (Å²) in [5.74, 6) is 0.861. The van der Waals surface area contributed by atoms with Gasteiger partial charge in [-0.2, -0.15) is 0 Å². The lowest BCUT2D eigenvalue weighted by Gasteiger charge is -2.18. The van der Waals surface area contributed by atoms with Crippen LogP contribution in [0.25, 0.3) is 5.57 Å². The minimum absolute atomic E-state index is 0.0269.